The van der Waals surface area contributed by atoms with E-state index < -0.39 is 18.1 Å². The predicted molar refractivity (Wildman–Crippen MR) is 114 cm³/mol. The summed E-state index contributed by atoms with van der Waals surface area (Å²) >= 11 is 1.30. The van der Waals surface area contributed by atoms with Crippen LogP contribution in [0.3, 0.4) is 0 Å². The number of hydrogen-bond acceptors (Lipinski definition) is 6. The van der Waals surface area contributed by atoms with Crippen molar-refractivity contribution >= 4 is 27.5 Å². The number of thiazole rings is 1. The van der Waals surface area contributed by atoms with Crippen LogP contribution in [-0.2, 0) is 11.3 Å². The fraction of sp³-hybridized carbons (Fsp3) is 0.364. The molecule has 2 atom stereocenters. The van der Waals surface area contributed by atoms with Gasteiger partial charge in [0.05, 0.1) is 10.2 Å². The number of amides is 1. The Hall–Kier alpha value is -2.32. The highest BCUT2D eigenvalue weighted by molar-refractivity contribution is 7.18. The van der Waals surface area contributed by atoms with E-state index in [2.05, 4.69) is 41.1 Å². The molecule has 6 nitrogen and oxygen atoms in total. The van der Waals surface area contributed by atoms with Gasteiger partial charge in [0.25, 0.3) is 5.91 Å². The molecular formula is C22H25N3O3S. The van der Waals surface area contributed by atoms with Gasteiger partial charge in [0.15, 0.2) is 6.10 Å². The minimum absolute atomic E-state index is 0.366. The maximum absolute atomic E-state index is 12.7. The Morgan fingerprint density at radius 2 is 1.86 bits per heavy atom. The van der Waals surface area contributed by atoms with Gasteiger partial charge in [-0.15, -0.1) is 11.3 Å². The lowest BCUT2D eigenvalue weighted by molar-refractivity contribution is -0.148. The number of carbonyl (C=O) groups is 1. The van der Waals surface area contributed by atoms with Crippen molar-refractivity contribution in [2.45, 2.75) is 25.7 Å². The second-order valence-electron chi connectivity index (χ2n) is 7.50. The number of carbonyl (C=O) groups excluding carboxylic acids is 1. The second-order valence-corrected chi connectivity index (χ2v) is 8.56. The van der Waals surface area contributed by atoms with Crippen molar-refractivity contribution in [2.24, 2.45) is 0 Å². The first-order chi connectivity index (χ1) is 14.0. The van der Waals surface area contributed by atoms with Gasteiger partial charge in [-0.05, 0) is 24.6 Å². The highest BCUT2D eigenvalue weighted by Gasteiger charge is 2.33. The van der Waals surface area contributed by atoms with E-state index >= 15 is 0 Å². The van der Waals surface area contributed by atoms with Crippen molar-refractivity contribution in [3.8, 4) is 0 Å². The molecule has 2 unspecified atom stereocenters. The molecule has 0 aliphatic carbocycles. The normalized spacial score (nSPS) is 17.4. The number of aryl methyl sites for hydroxylation is 1. The molecule has 2 N–H and O–H groups in total. The van der Waals surface area contributed by atoms with Gasteiger partial charge in [-0.25, -0.2) is 4.98 Å². The van der Waals surface area contributed by atoms with Gasteiger partial charge in [0.2, 0.25) is 0 Å². The fourth-order valence-electron chi connectivity index (χ4n) is 3.67. The van der Waals surface area contributed by atoms with E-state index in [-0.39, 0.29) is 0 Å². The highest BCUT2D eigenvalue weighted by atomic mass is 32.1. The number of benzene rings is 2. The number of nitrogens with zero attached hydrogens (tertiary/aromatic N) is 3. The average Bonchev–Trinajstić information content (AvgIpc) is 3.17. The van der Waals surface area contributed by atoms with Gasteiger partial charge >= 0.3 is 0 Å². The molecule has 0 radical (unpaired) electrons. The van der Waals surface area contributed by atoms with Crippen molar-refractivity contribution in [3.63, 3.8) is 0 Å². The molecule has 1 fully saturated rings. The van der Waals surface area contributed by atoms with Crippen molar-refractivity contribution < 1.29 is 15.0 Å². The summed E-state index contributed by atoms with van der Waals surface area (Å²) in [5.74, 6) is -0.438. The van der Waals surface area contributed by atoms with E-state index in [1.165, 1.54) is 22.5 Å². The highest BCUT2D eigenvalue weighted by Crippen LogP contribution is 2.28. The van der Waals surface area contributed by atoms with Crippen LogP contribution in [0.5, 0.6) is 0 Å². The van der Waals surface area contributed by atoms with E-state index in [0.717, 1.165) is 29.9 Å². The monoisotopic (exact) mass is 411 g/mol. The third-order valence-corrected chi connectivity index (χ3v) is 6.40. The molecule has 1 aliphatic rings. The Labute approximate surface area is 174 Å². The van der Waals surface area contributed by atoms with E-state index in [4.69, 9.17) is 0 Å². The standard InChI is InChI=1S/C22H25N3O3S/c1-15-5-4-6-16(13-15)14-24-9-11-25(12-10-24)22(28)20(27)19(26)21-23-17-7-2-3-8-18(17)29-21/h2-8,13,19-20,26-27H,9-12,14H2,1H3. The maximum Gasteiger partial charge on any atom is 0.254 e. The summed E-state index contributed by atoms with van der Waals surface area (Å²) in [6.45, 7) is 5.48. The largest absolute Gasteiger partial charge is 0.383 e. The minimum Gasteiger partial charge on any atom is -0.383 e. The molecular weight excluding hydrogens is 386 g/mol. The molecule has 152 valence electrons. The van der Waals surface area contributed by atoms with Crippen LogP contribution in [0, 0.1) is 6.92 Å². The molecule has 0 bridgehead atoms. The topological polar surface area (TPSA) is 76.9 Å². The molecule has 4 rings (SSSR count). The maximum atomic E-state index is 12.7. The Bertz CT molecular complexity index is 965. The number of aliphatic hydroxyl groups is 2. The van der Waals surface area contributed by atoms with Crippen LogP contribution in [0.25, 0.3) is 10.2 Å². The van der Waals surface area contributed by atoms with Crippen LogP contribution in [0.4, 0.5) is 0 Å². The predicted octanol–water partition coefficient (Wildman–Crippen LogP) is 2.34. The summed E-state index contributed by atoms with van der Waals surface area (Å²) in [4.78, 5) is 21.0. The van der Waals surface area contributed by atoms with Gasteiger partial charge in [0, 0.05) is 32.7 Å². The molecule has 1 aromatic heterocycles. The van der Waals surface area contributed by atoms with Crippen molar-refractivity contribution in [1.29, 1.82) is 0 Å². The zero-order valence-corrected chi connectivity index (χ0v) is 17.2. The Morgan fingerprint density at radius 1 is 1.10 bits per heavy atom. The smallest absolute Gasteiger partial charge is 0.254 e. The minimum atomic E-state index is -1.50. The molecule has 1 aliphatic heterocycles. The van der Waals surface area contributed by atoms with Crippen LogP contribution < -0.4 is 0 Å². The van der Waals surface area contributed by atoms with Gasteiger partial charge in [-0.1, -0.05) is 42.0 Å². The van der Waals surface area contributed by atoms with Gasteiger partial charge in [-0.2, -0.15) is 0 Å². The third-order valence-electron chi connectivity index (χ3n) is 5.29. The zero-order chi connectivity index (χ0) is 20.4. The number of rotatable bonds is 5. The van der Waals surface area contributed by atoms with Crippen molar-refractivity contribution in [2.75, 3.05) is 26.2 Å². The third kappa shape index (κ3) is 4.48. The van der Waals surface area contributed by atoms with Crippen LogP contribution in [-0.4, -0.2) is 63.2 Å². The number of aliphatic hydroxyl groups excluding tert-OH is 2. The van der Waals surface area contributed by atoms with Crippen LogP contribution in [0.1, 0.15) is 22.2 Å². The van der Waals surface area contributed by atoms with Crippen molar-refractivity contribution in [3.05, 3.63) is 64.7 Å². The van der Waals surface area contributed by atoms with E-state index in [0.29, 0.717) is 18.1 Å². The molecule has 7 heteroatoms. The molecule has 2 aromatic carbocycles. The summed E-state index contributed by atoms with van der Waals surface area (Å²) < 4.78 is 0.922. The first-order valence-corrected chi connectivity index (χ1v) is 10.6. The first kappa shape index (κ1) is 20.0. The number of aromatic nitrogens is 1. The summed E-state index contributed by atoms with van der Waals surface area (Å²) in [5, 5.41) is 21.3. The Balaban J connectivity index is 1.34. The summed E-state index contributed by atoms with van der Waals surface area (Å²) in [6, 6.07) is 16.0. The van der Waals surface area contributed by atoms with E-state index in [9.17, 15) is 15.0 Å². The Morgan fingerprint density at radius 3 is 2.59 bits per heavy atom. The number of piperazine rings is 1. The summed E-state index contributed by atoms with van der Waals surface area (Å²) in [5.41, 5.74) is 3.26. The zero-order valence-electron chi connectivity index (χ0n) is 16.4. The molecule has 3 aromatic rings. The van der Waals surface area contributed by atoms with Gasteiger partial charge < -0.3 is 15.1 Å². The molecule has 1 saturated heterocycles. The molecule has 2 heterocycles. The van der Waals surface area contributed by atoms with E-state index in [1.807, 2.05) is 24.3 Å². The lowest BCUT2D eigenvalue weighted by atomic mass is 10.1. The molecule has 29 heavy (non-hydrogen) atoms. The lowest BCUT2D eigenvalue weighted by Gasteiger charge is -2.36. The lowest BCUT2D eigenvalue weighted by Crippen LogP contribution is -2.52. The van der Waals surface area contributed by atoms with Crippen LogP contribution >= 0.6 is 11.3 Å². The van der Waals surface area contributed by atoms with Crippen LogP contribution in [0.2, 0.25) is 0 Å². The first-order valence-electron chi connectivity index (χ1n) is 9.79. The second kappa shape index (κ2) is 8.59. The molecule has 0 spiro atoms. The number of para-hydroxylation sites is 1. The molecule has 1 amide bonds. The summed E-state index contributed by atoms with van der Waals surface area (Å²) in [7, 11) is 0. The van der Waals surface area contributed by atoms with Crippen LogP contribution in [0.15, 0.2) is 48.5 Å². The number of fused-ring (bicyclic) bond motifs is 1. The van der Waals surface area contributed by atoms with Crippen molar-refractivity contribution in [1.82, 2.24) is 14.8 Å². The number of hydrogen-bond donors (Lipinski definition) is 2. The van der Waals surface area contributed by atoms with E-state index in [1.54, 1.807) is 4.90 Å². The average molecular weight is 412 g/mol. The van der Waals surface area contributed by atoms with Gasteiger partial charge in [-0.3, -0.25) is 9.69 Å². The quantitative estimate of drug-likeness (QED) is 0.674. The van der Waals surface area contributed by atoms with Gasteiger partial charge in [0.1, 0.15) is 11.1 Å². The molecule has 0 saturated carbocycles. The SMILES string of the molecule is Cc1cccc(CN2CCN(C(=O)C(O)C(O)c3nc4ccccc4s3)CC2)c1. The Kier molecular flexibility index (Phi) is 5.91. The fourth-order valence-corrected chi connectivity index (χ4v) is 4.65. The summed E-state index contributed by atoms with van der Waals surface area (Å²) in [6.07, 6.45) is -2.82.